The van der Waals surface area contributed by atoms with Crippen molar-refractivity contribution in [1.29, 1.82) is 0 Å². The highest BCUT2D eigenvalue weighted by atomic mass is 32.2. The van der Waals surface area contributed by atoms with Crippen LogP contribution >= 0.6 is 0 Å². The van der Waals surface area contributed by atoms with Gasteiger partial charge in [-0.05, 0) is 25.0 Å². The summed E-state index contributed by atoms with van der Waals surface area (Å²) in [5.74, 6) is 0.737. The SMILES string of the molecule is O=C(CCCc1nc2ccccc2o1)NC1CCS(=O)(=O)C1. The quantitative estimate of drug-likeness (QED) is 0.900. The van der Waals surface area contributed by atoms with Gasteiger partial charge in [0.25, 0.3) is 0 Å². The lowest BCUT2D eigenvalue weighted by atomic mass is 10.2. The first-order valence-corrected chi connectivity index (χ1v) is 9.18. The van der Waals surface area contributed by atoms with Crippen LogP contribution in [0.2, 0.25) is 0 Å². The first-order valence-electron chi connectivity index (χ1n) is 7.36. The van der Waals surface area contributed by atoms with Crippen molar-refractivity contribution in [2.45, 2.75) is 31.7 Å². The minimum Gasteiger partial charge on any atom is -0.441 e. The lowest BCUT2D eigenvalue weighted by Crippen LogP contribution is -2.35. The number of carbonyl (C=O) groups is 1. The molecule has 1 saturated heterocycles. The van der Waals surface area contributed by atoms with Gasteiger partial charge in [0, 0.05) is 18.9 Å². The highest BCUT2D eigenvalue weighted by Gasteiger charge is 2.28. The minimum atomic E-state index is -2.96. The van der Waals surface area contributed by atoms with Gasteiger partial charge in [-0.1, -0.05) is 12.1 Å². The molecule has 2 aromatic rings. The Bertz CT molecular complexity index is 749. The Hall–Kier alpha value is -1.89. The standard InChI is InChI=1S/C15H18N2O4S/c18-14(16-11-8-9-22(19,20)10-11)6-3-7-15-17-12-4-1-2-5-13(12)21-15/h1-2,4-5,11H,3,6-10H2,(H,16,18). The number of carbonyl (C=O) groups excluding carboxylic acids is 1. The molecular formula is C15H18N2O4S. The van der Waals surface area contributed by atoms with Gasteiger partial charge in [-0.25, -0.2) is 13.4 Å². The molecule has 118 valence electrons. The van der Waals surface area contributed by atoms with E-state index in [1.54, 1.807) is 0 Å². The lowest BCUT2D eigenvalue weighted by Gasteiger charge is -2.10. The number of nitrogens with one attached hydrogen (secondary N) is 1. The van der Waals surface area contributed by atoms with Gasteiger partial charge in [0.2, 0.25) is 5.91 Å². The number of hydrogen-bond donors (Lipinski definition) is 1. The number of fused-ring (bicyclic) bond motifs is 1. The van der Waals surface area contributed by atoms with Crippen molar-refractivity contribution in [2.24, 2.45) is 0 Å². The van der Waals surface area contributed by atoms with E-state index in [2.05, 4.69) is 10.3 Å². The fraction of sp³-hybridized carbons (Fsp3) is 0.467. The Labute approximate surface area is 128 Å². The van der Waals surface area contributed by atoms with Crippen molar-refractivity contribution in [3.05, 3.63) is 30.2 Å². The summed E-state index contributed by atoms with van der Waals surface area (Å²) < 4.78 is 28.3. The summed E-state index contributed by atoms with van der Waals surface area (Å²) in [5.41, 5.74) is 1.57. The average molecular weight is 322 g/mol. The van der Waals surface area contributed by atoms with Gasteiger partial charge in [-0.3, -0.25) is 4.79 Å². The van der Waals surface area contributed by atoms with Crippen LogP contribution < -0.4 is 5.32 Å². The second kappa shape index (κ2) is 6.08. The van der Waals surface area contributed by atoms with Crippen LogP contribution in [0.3, 0.4) is 0 Å². The summed E-state index contributed by atoms with van der Waals surface area (Å²) in [5, 5.41) is 2.78. The normalized spacial score (nSPS) is 20.3. The second-order valence-corrected chi connectivity index (χ2v) is 7.83. The number of aryl methyl sites for hydroxylation is 1. The van der Waals surface area contributed by atoms with Crippen molar-refractivity contribution in [2.75, 3.05) is 11.5 Å². The zero-order valence-corrected chi connectivity index (χ0v) is 12.9. The number of oxazole rings is 1. The molecule has 1 aromatic heterocycles. The van der Waals surface area contributed by atoms with Crippen LogP contribution in [-0.4, -0.2) is 36.9 Å². The lowest BCUT2D eigenvalue weighted by molar-refractivity contribution is -0.121. The van der Waals surface area contributed by atoms with Gasteiger partial charge in [0.15, 0.2) is 21.3 Å². The molecule has 7 heteroatoms. The molecule has 1 aromatic carbocycles. The van der Waals surface area contributed by atoms with Crippen molar-refractivity contribution >= 4 is 26.8 Å². The van der Waals surface area contributed by atoms with Gasteiger partial charge < -0.3 is 9.73 Å². The maximum Gasteiger partial charge on any atom is 0.220 e. The van der Waals surface area contributed by atoms with Gasteiger partial charge >= 0.3 is 0 Å². The van der Waals surface area contributed by atoms with Gasteiger partial charge in [0.1, 0.15) is 5.52 Å². The zero-order chi connectivity index (χ0) is 15.6. The molecule has 1 aliphatic rings. The summed E-state index contributed by atoms with van der Waals surface area (Å²) in [7, 11) is -2.96. The van der Waals surface area contributed by atoms with E-state index in [4.69, 9.17) is 4.42 Å². The summed E-state index contributed by atoms with van der Waals surface area (Å²) in [6.07, 6.45) is 2.07. The number of amides is 1. The summed E-state index contributed by atoms with van der Waals surface area (Å²) in [6.45, 7) is 0. The number of sulfone groups is 1. The molecule has 22 heavy (non-hydrogen) atoms. The maximum atomic E-state index is 11.8. The molecule has 6 nitrogen and oxygen atoms in total. The number of para-hydroxylation sites is 2. The van der Waals surface area contributed by atoms with Crippen molar-refractivity contribution in [1.82, 2.24) is 10.3 Å². The molecular weight excluding hydrogens is 304 g/mol. The van der Waals surface area contributed by atoms with Crippen LogP contribution in [0.5, 0.6) is 0 Å². The number of hydrogen-bond acceptors (Lipinski definition) is 5. The summed E-state index contributed by atoms with van der Waals surface area (Å²) in [4.78, 5) is 16.2. The molecule has 1 fully saturated rings. The molecule has 1 atom stereocenters. The highest BCUT2D eigenvalue weighted by Crippen LogP contribution is 2.16. The first kappa shape index (κ1) is 15.0. The first-order chi connectivity index (χ1) is 10.5. The van der Waals surface area contributed by atoms with E-state index < -0.39 is 9.84 Å². The van der Waals surface area contributed by atoms with Crippen LogP contribution in [-0.2, 0) is 21.1 Å². The van der Waals surface area contributed by atoms with Gasteiger partial charge in [0.05, 0.1) is 11.5 Å². The molecule has 0 spiro atoms. The van der Waals surface area contributed by atoms with Crippen LogP contribution in [0, 0.1) is 0 Å². The van der Waals surface area contributed by atoms with E-state index >= 15 is 0 Å². The molecule has 1 unspecified atom stereocenters. The van der Waals surface area contributed by atoms with Crippen LogP contribution in [0.25, 0.3) is 11.1 Å². The fourth-order valence-electron chi connectivity index (χ4n) is 2.64. The van der Waals surface area contributed by atoms with Crippen LogP contribution in [0.4, 0.5) is 0 Å². The fourth-order valence-corrected chi connectivity index (χ4v) is 4.31. The Morgan fingerprint density at radius 2 is 2.18 bits per heavy atom. The summed E-state index contributed by atoms with van der Waals surface area (Å²) >= 11 is 0. The summed E-state index contributed by atoms with van der Waals surface area (Å²) in [6, 6.07) is 7.30. The van der Waals surface area contributed by atoms with E-state index in [-0.39, 0.29) is 23.5 Å². The van der Waals surface area contributed by atoms with E-state index in [9.17, 15) is 13.2 Å². The average Bonchev–Trinajstić information content (AvgIpc) is 3.01. The predicted molar refractivity (Wildman–Crippen MR) is 82.1 cm³/mol. The van der Waals surface area contributed by atoms with Crippen molar-refractivity contribution < 1.29 is 17.6 Å². The third-order valence-corrected chi connectivity index (χ3v) is 5.50. The van der Waals surface area contributed by atoms with Crippen LogP contribution in [0.15, 0.2) is 28.7 Å². The van der Waals surface area contributed by atoms with E-state index in [0.717, 1.165) is 11.1 Å². The maximum absolute atomic E-state index is 11.8. The van der Waals surface area contributed by atoms with E-state index in [0.29, 0.717) is 31.6 Å². The number of benzene rings is 1. The molecule has 0 bridgehead atoms. The predicted octanol–water partition coefficient (Wildman–Crippen LogP) is 1.45. The largest absolute Gasteiger partial charge is 0.441 e. The van der Waals surface area contributed by atoms with E-state index in [1.165, 1.54) is 0 Å². The van der Waals surface area contributed by atoms with Crippen molar-refractivity contribution in [3.8, 4) is 0 Å². The number of nitrogens with zero attached hydrogens (tertiary/aromatic N) is 1. The molecule has 1 N–H and O–H groups in total. The third-order valence-electron chi connectivity index (χ3n) is 3.73. The molecule has 0 aliphatic carbocycles. The molecule has 1 amide bonds. The van der Waals surface area contributed by atoms with Crippen molar-refractivity contribution in [3.63, 3.8) is 0 Å². The highest BCUT2D eigenvalue weighted by molar-refractivity contribution is 7.91. The van der Waals surface area contributed by atoms with Gasteiger partial charge in [-0.2, -0.15) is 0 Å². The zero-order valence-electron chi connectivity index (χ0n) is 12.1. The Morgan fingerprint density at radius 3 is 2.91 bits per heavy atom. The third kappa shape index (κ3) is 3.65. The Balaban J connectivity index is 1.45. The smallest absolute Gasteiger partial charge is 0.220 e. The number of aromatic nitrogens is 1. The van der Waals surface area contributed by atoms with Crippen LogP contribution in [0.1, 0.15) is 25.2 Å². The molecule has 2 heterocycles. The number of rotatable bonds is 5. The topological polar surface area (TPSA) is 89.3 Å². The monoisotopic (exact) mass is 322 g/mol. The minimum absolute atomic E-state index is 0.0594. The van der Waals surface area contributed by atoms with Gasteiger partial charge in [-0.15, -0.1) is 0 Å². The molecule has 3 rings (SSSR count). The second-order valence-electron chi connectivity index (χ2n) is 5.60. The molecule has 0 radical (unpaired) electrons. The van der Waals surface area contributed by atoms with E-state index in [1.807, 2.05) is 24.3 Å². The molecule has 1 aliphatic heterocycles. The Morgan fingerprint density at radius 1 is 1.36 bits per heavy atom. The molecule has 0 saturated carbocycles. The Kier molecular flexibility index (Phi) is 4.15.